The fourth-order valence-corrected chi connectivity index (χ4v) is 3.78. The van der Waals surface area contributed by atoms with Crippen LogP contribution in [0, 0.1) is 11.8 Å². The van der Waals surface area contributed by atoms with Crippen molar-refractivity contribution in [2.45, 2.75) is 44.0 Å². The monoisotopic (exact) mass is 310 g/mol. The summed E-state index contributed by atoms with van der Waals surface area (Å²) >= 11 is 0. The first-order chi connectivity index (χ1) is 9.80. The molecule has 1 aliphatic carbocycles. The summed E-state index contributed by atoms with van der Waals surface area (Å²) in [5, 5.41) is 3.56. The summed E-state index contributed by atoms with van der Waals surface area (Å²) in [4.78, 5) is 0.336. The maximum Gasteiger partial charge on any atom is 0.242 e. The van der Waals surface area contributed by atoms with Crippen molar-refractivity contribution in [1.29, 1.82) is 0 Å². The molecule has 1 aliphatic rings. The second-order valence-electron chi connectivity index (χ2n) is 6.46. The van der Waals surface area contributed by atoms with Crippen molar-refractivity contribution in [3.8, 4) is 0 Å². The van der Waals surface area contributed by atoms with Crippen LogP contribution in [0.2, 0.25) is 0 Å². The van der Waals surface area contributed by atoms with Crippen LogP contribution in [0.5, 0.6) is 0 Å². The molecule has 4 nitrogen and oxygen atoms in total. The fourth-order valence-electron chi connectivity index (χ4n) is 2.88. The molecule has 1 fully saturated rings. The Morgan fingerprint density at radius 3 is 2.29 bits per heavy atom. The maximum atomic E-state index is 12.0. The third kappa shape index (κ3) is 3.77. The molecule has 3 atom stereocenters. The third-order valence-corrected chi connectivity index (χ3v) is 6.27. The van der Waals surface area contributed by atoms with Crippen LogP contribution in [0.25, 0.3) is 0 Å². The van der Waals surface area contributed by atoms with Gasteiger partial charge in [-0.3, -0.25) is 0 Å². The lowest BCUT2D eigenvalue weighted by molar-refractivity contribution is 0.280. The van der Waals surface area contributed by atoms with Crippen LogP contribution < -0.4 is 5.32 Å². The zero-order chi connectivity index (χ0) is 15.6. The molecular formula is C16H26N2O2S. The lowest BCUT2D eigenvalue weighted by Crippen LogP contribution is -2.33. The molecule has 1 saturated carbocycles. The van der Waals surface area contributed by atoms with Crippen molar-refractivity contribution < 1.29 is 8.42 Å². The van der Waals surface area contributed by atoms with Crippen LogP contribution in [0.1, 0.15) is 33.1 Å². The molecule has 21 heavy (non-hydrogen) atoms. The predicted molar refractivity (Wildman–Crippen MR) is 86.9 cm³/mol. The molecule has 1 aromatic rings. The van der Waals surface area contributed by atoms with E-state index in [-0.39, 0.29) is 0 Å². The van der Waals surface area contributed by atoms with Gasteiger partial charge in [0.25, 0.3) is 0 Å². The summed E-state index contributed by atoms with van der Waals surface area (Å²) < 4.78 is 25.3. The summed E-state index contributed by atoms with van der Waals surface area (Å²) in [6.07, 6.45) is 3.74. The fraction of sp³-hybridized carbons (Fsp3) is 0.625. The smallest absolute Gasteiger partial charge is 0.242 e. The van der Waals surface area contributed by atoms with Gasteiger partial charge >= 0.3 is 0 Å². The topological polar surface area (TPSA) is 49.4 Å². The molecular weight excluding hydrogens is 284 g/mol. The minimum absolute atomic E-state index is 0.336. The summed E-state index contributed by atoms with van der Waals surface area (Å²) in [6.45, 7) is 4.59. The average Bonchev–Trinajstić information content (AvgIpc) is 2.43. The van der Waals surface area contributed by atoms with Gasteiger partial charge in [-0.25, -0.2) is 12.7 Å². The van der Waals surface area contributed by atoms with Gasteiger partial charge < -0.3 is 5.32 Å². The van der Waals surface area contributed by atoms with Crippen molar-refractivity contribution in [3.63, 3.8) is 0 Å². The van der Waals surface area contributed by atoms with E-state index in [4.69, 9.17) is 0 Å². The molecule has 0 heterocycles. The molecule has 1 N–H and O–H groups in total. The number of anilines is 1. The van der Waals surface area contributed by atoms with E-state index in [1.165, 1.54) is 23.6 Å². The van der Waals surface area contributed by atoms with Crippen molar-refractivity contribution >= 4 is 15.7 Å². The van der Waals surface area contributed by atoms with E-state index in [9.17, 15) is 8.42 Å². The highest BCUT2D eigenvalue weighted by Gasteiger charge is 2.25. The first-order valence-corrected chi connectivity index (χ1v) is 9.04. The molecule has 0 radical (unpaired) electrons. The highest BCUT2D eigenvalue weighted by molar-refractivity contribution is 7.89. The molecule has 0 aromatic heterocycles. The second-order valence-corrected chi connectivity index (χ2v) is 8.61. The number of hydrogen-bond donors (Lipinski definition) is 1. The first-order valence-electron chi connectivity index (χ1n) is 7.60. The lowest BCUT2D eigenvalue weighted by atomic mass is 9.80. The van der Waals surface area contributed by atoms with Gasteiger partial charge in [0, 0.05) is 25.8 Å². The Morgan fingerprint density at radius 1 is 1.10 bits per heavy atom. The van der Waals surface area contributed by atoms with Crippen LogP contribution >= 0.6 is 0 Å². The van der Waals surface area contributed by atoms with Gasteiger partial charge in [0.1, 0.15) is 0 Å². The minimum Gasteiger partial charge on any atom is -0.382 e. The number of benzene rings is 1. The van der Waals surface area contributed by atoms with Gasteiger partial charge in [-0.05, 0) is 48.9 Å². The summed E-state index contributed by atoms with van der Waals surface area (Å²) in [5.74, 6) is 1.42. The number of nitrogens with zero attached hydrogens (tertiary/aromatic N) is 1. The Morgan fingerprint density at radius 2 is 1.71 bits per heavy atom. The van der Waals surface area contributed by atoms with Crippen LogP contribution in [0.4, 0.5) is 5.69 Å². The largest absolute Gasteiger partial charge is 0.382 e. The maximum absolute atomic E-state index is 12.0. The van der Waals surface area contributed by atoms with Crippen LogP contribution in [-0.4, -0.2) is 32.9 Å². The summed E-state index contributed by atoms with van der Waals surface area (Å²) in [6, 6.07) is 7.55. The van der Waals surface area contributed by atoms with E-state index in [2.05, 4.69) is 19.2 Å². The highest BCUT2D eigenvalue weighted by atomic mass is 32.2. The quantitative estimate of drug-likeness (QED) is 0.929. The molecule has 2 rings (SSSR count). The van der Waals surface area contributed by atoms with Crippen molar-refractivity contribution in [2.24, 2.45) is 11.8 Å². The molecule has 5 heteroatoms. The van der Waals surface area contributed by atoms with Crippen molar-refractivity contribution in [1.82, 2.24) is 4.31 Å². The Labute approximate surface area is 128 Å². The van der Waals surface area contributed by atoms with E-state index in [1.807, 2.05) is 12.1 Å². The van der Waals surface area contributed by atoms with Gasteiger partial charge in [-0.2, -0.15) is 0 Å². The highest BCUT2D eigenvalue weighted by Crippen LogP contribution is 2.30. The molecule has 0 amide bonds. The van der Waals surface area contributed by atoms with Crippen LogP contribution in [-0.2, 0) is 10.0 Å². The minimum atomic E-state index is -3.34. The number of sulfonamides is 1. The normalized spacial score (nSPS) is 26.8. The number of rotatable bonds is 4. The molecule has 1 aromatic carbocycles. The van der Waals surface area contributed by atoms with E-state index in [1.54, 1.807) is 26.2 Å². The molecule has 0 spiro atoms. The van der Waals surface area contributed by atoms with Crippen molar-refractivity contribution in [2.75, 3.05) is 19.4 Å². The molecule has 3 unspecified atom stereocenters. The van der Waals surface area contributed by atoms with Crippen LogP contribution in [0.15, 0.2) is 29.2 Å². The Kier molecular flexibility index (Phi) is 4.94. The van der Waals surface area contributed by atoms with Gasteiger partial charge in [0.15, 0.2) is 0 Å². The SMILES string of the molecule is CC1CCC(C)C(Nc2ccc(S(=O)(=O)N(C)C)cc2)C1. The summed E-state index contributed by atoms with van der Waals surface area (Å²) in [7, 11) is -0.244. The standard InChI is InChI=1S/C16H26N2O2S/c1-12-5-6-13(2)16(11-12)17-14-7-9-15(10-8-14)21(19,20)18(3)4/h7-10,12-13,16-17H,5-6,11H2,1-4H3. The Balaban J connectivity index is 2.09. The van der Waals surface area contributed by atoms with Gasteiger partial charge in [-0.15, -0.1) is 0 Å². The third-order valence-electron chi connectivity index (χ3n) is 4.44. The molecule has 0 saturated heterocycles. The molecule has 0 aliphatic heterocycles. The van der Waals surface area contributed by atoms with Crippen LogP contribution in [0.3, 0.4) is 0 Å². The Hall–Kier alpha value is -1.07. The number of nitrogens with one attached hydrogen (secondary N) is 1. The van der Waals surface area contributed by atoms with Gasteiger partial charge in [0.05, 0.1) is 4.90 Å². The summed E-state index contributed by atoms with van der Waals surface area (Å²) in [5.41, 5.74) is 0.999. The molecule has 118 valence electrons. The average molecular weight is 310 g/mol. The Bertz CT molecular complexity index is 566. The number of hydrogen-bond acceptors (Lipinski definition) is 3. The van der Waals surface area contributed by atoms with E-state index in [0.717, 1.165) is 11.6 Å². The zero-order valence-corrected chi connectivity index (χ0v) is 14.2. The van der Waals surface area contributed by atoms with Crippen molar-refractivity contribution in [3.05, 3.63) is 24.3 Å². The lowest BCUT2D eigenvalue weighted by Gasteiger charge is -2.34. The van der Waals surface area contributed by atoms with E-state index in [0.29, 0.717) is 16.9 Å². The first kappa shape index (κ1) is 16.3. The van der Waals surface area contributed by atoms with E-state index >= 15 is 0 Å². The predicted octanol–water partition coefficient (Wildman–Crippen LogP) is 3.17. The second kappa shape index (κ2) is 6.36. The van der Waals surface area contributed by atoms with Gasteiger partial charge in [-0.1, -0.05) is 20.3 Å². The molecule has 0 bridgehead atoms. The van der Waals surface area contributed by atoms with Gasteiger partial charge in [0.2, 0.25) is 10.0 Å². The zero-order valence-electron chi connectivity index (χ0n) is 13.3. The van der Waals surface area contributed by atoms with E-state index < -0.39 is 10.0 Å².